The number of amides is 2. The molecule has 1 unspecified atom stereocenters. The number of nitrogens with zero attached hydrogens (tertiary/aromatic N) is 1. The van der Waals surface area contributed by atoms with Gasteiger partial charge >= 0.3 is 0 Å². The van der Waals surface area contributed by atoms with Gasteiger partial charge in [0.1, 0.15) is 17.3 Å². The van der Waals surface area contributed by atoms with E-state index in [0.29, 0.717) is 11.5 Å². The Kier molecular flexibility index (Phi) is 4.37. The van der Waals surface area contributed by atoms with Crippen molar-refractivity contribution < 1.29 is 18.4 Å². The fourth-order valence-electron chi connectivity index (χ4n) is 3.07. The highest BCUT2D eigenvalue weighted by Crippen LogP contribution is 2.34. The van der Waals surface area contributed by atoms with Crippen LogP contribution in [0.2, 0.25) is 0 Å². The van der Waals surface area contributed by atoms with Gasteiger partial charge in [-0.1, -0.05) is 0 Å². The van der Waals surface area contributed by atoms with E-state index in [0.717, 1.165) is 5.56 Å². The average molecular weight is 344 g/mol. The Bertz CT molecular complexity index is 795. The third kappa shape index (κ3) is 3.29. The van der Waals surface area contributed by atoms with Crippen LogP contribution in [0.4, 0.5) is 4.39 Å². The first kappa shape index (κ1) is 17.2. The zero-order valence-electron chi connectivity index (χ0n) is 14.5. The van der Waals surface area contributed by atoms with Gasteiger partial charge in [-0.25, -0.2) is 4.39 Å². The van der Waals surface area contributed by atoms with Crippen molar-refractivity contribution in [3.05, 3.63) is 48.0 Å². The molecule has 0 aliphatic carbocycles. The summed E-state index contributed by atoms with van der Waals surface area (Å²) in [6.07, 6.45) is 0.217. The molecule has 1 N–H and O–H groups in total. The number of hydrogen-bond donors (Lipinski definition) is 1. The summed E-state index contributed by atoms with van der Waals surface area (Å²) in [4.78, 5) is 26.0. The molecule has 0 radical (unpaired) electrons. The molecule has 2 amide bonds. The molecular weight excluding hydrogens is 323 g/mol. The molecule has 1 aromatic carbocycles. The summed E-state index contributed by atoms with van der Waals surface area (Å²) >= 11 is 0. The van der Waals surface area contributed by atoms with E-state index in [1.807, 2.05) is 13.8 Å². The van der Waals surface area contributed by atoms with E-state index in [-0.39, 0.29) is 30.6 Å². The van der Waals surface area contributed by atoms with Crippen LogP contribution in [0.15, 0.2) is 40.8 Å². The molecule has 1 aliphatic rings. The van der Waals surface area contributed by atoms with E-state index in [9.17, 15) is 14.0 Å². The van der Waals surface area contributed by atoms with E-state index in [4.69, 9.17) is 4.42 Å². The molecule has 3 rings (SSSR count). The molecule has 1 aliphatic heterocycles. The van der Waals surface area contributed by atoms with E-state index in [1.165, 1.54) is 12.1 Å². The lowest BCUT2D eigenvalue weighted by molar-refractivity contribution is -0.128. The van der Waals surface area contributed by atoms with Crippen molar-refractivity contribution in [2.75, 3.05) is 7.05 Å². The highest BCUT2D eigenvalue weighted by atomic mass is 19.1. The Balaban J connectivity index is 1.64. The first-order valence-corrected chi connectivity index (χ1v) is 8.18. The zero-order valence-corrected chi connectivity index (χ0v) is 14.5. The van der Waals surface area contributed by atoms with Crippen molar-refractivity contribution in [1.82, 2.24) is 10.2 Å². The Labute approximate surface area is 145 Å². The number of hydrogen-bond acceptors (Lipinski definition) is 3. The third-order valence-corrected chi connectivity index (χ3v) is 5.01. The number of carbonyl (C=O) groups is 2. The predicted molar refractivity (Wildman–Crippen MR) is 90.9 cm³/mol. The van der Waals surface area contributed by atoms with Gasteiger partial charge in [0.2, 0.25) is 11.8 Å². The topological polar surface area (TPSA) is 62.6 Å². The fraction of sp³-hybridized carbons (Fsp3) is 0.368. The minimum Gasteiger partial charge on any atom is -0.459 e. The second kappa shape index (κ2) is 6.35. The molecule has 1 saturated heterocycles. The number of likely N-dealkylation sites (tertiary alicyclic amines) is 1. The molecule has 132 valence electrons. The number of nitrogens with one attached hydrogen (secondary N) is 1. The van der Waals surface area contributed by atoms with Gasteiger partial charge in [-0.05, 0) is 50.2 Å². The second-order valence-electron chi connectivity index (χ2n) is 6.85. The van der Waals surface area contributed by atoms with Gasteiger partial charge < -0.3 is 14.6 Å². The van der Waals surface area contributed by atoms with Gasteiger partial charge in [-0.3, -0.25) is 9.59 Å². The summed E-state index contributed by atoms with van der Waals surface area (Å²) in [6.45, 7) is 4.02. The standard InChI is InChI=1S/C19H21FN2O3/c1-19(2)15(10-17(23)22(19)3)18(24)21-11-14-8-9-16(25-14)12-4-6-13(20)7-5-12/h4-9,15H,10-11H2,1-3H3,(H,21,24). The second-order valence-corrected chi connectivity index (χ2v) is 6.85. The fourth-order valence-corrected chi connectivity index (χ4v) is 3.07. The van der Waals surface area contributed by atoms with Crippen LogP contribution in [0.25, 0.3) is 11.3 Å². The lowest BCUT2D eigenvalue weighted by Crippen LogP contribution is -2.46. The summed E-state index contributed by atoms with van der Waals surface area (Å²) in [5, 5.41) is 2.84. The Morgan fingerprint density at radius 3 is 2.56 bits per heavy atom. The number of furan rings is 1. The molecular formula is C19H21FN2O3. The molecule has 0 saturated carbocycles. The largest absolute Gasteiger partial charge is 0.459 e. The van der Waals surface area contributed by atoms with Crippen LogP contribution < -0.4 is 5.32 Å². The summed E-state index contributed by atoms with van der Waals surface area (Å²) < 4.78 is 18.7. The van der Waals surface area contributed by atoms with Crippen LogP contribution in [0.5, 0.6) is 0 Å². The van der Waals surface area contributed by atoms with Gasteiger partial charge in [-0.2, -0.15) is 0 Å². The van der Waals surface area contributed by atoms with Crippen molar-refractivity contribution in [3.8, 4) is 11.3 Å². The Morgan fingerprint density at radius 2 is 1.96 bits per heavy atom. The Hall–Kier alpha value is -2.63. The molecule has 5 nitrogen and oxygen atoms in total. The van der Waals surface area contributed by atoms with Crippen molar-refractivity contribution in [3.63, 3.8) is 0 Å². The number of carbonyl (C=O) groups excluding carboxylic acids is 2. The maximum absolute atomic E-state index is 13.0. The van der Waals surface area contributed by atoms with E-state index in [2.05, 4.69) is 5.32 Å². The molecule has 1 aromatic heterocycles. The Morgan fingerprint density at radius 1 is 1.28 bits per heavy atom. The van der Waals surface area contributed by atoms with Crippen LogP contribution >= 0.6 is 0 Å². The van der Waals surface area contributed by atoms with Crippen LogP contribution in [0, 0.1) is 11.7 Å². The van der Waals surface area contributed by atoms with Gasteiger partial charge in [0.15, 0.2) is 0 Å². The number of rotatable bonds is 4. The summed E-state index contributed by atoms with van der Waals surface area (Å²) in [7, 11) is 1.72. The van der Waals surface area contributed by atoms with Gasteiger partial charge in [-0.15, -0.1) is 0 Å². The first-order chi connectivity index (χ1) is 11.8. The average Bonchev–Trinajstić information content (AvgIpc) is 3.12. The smallest absolute Gasteiger partial charge is 0.226 e. The van der Waals surface area contributed by atoms with Crippen LogP contribution in [-0.4, -0.2) is 29.3 Å². The van der Waals surface area contributed by atoms with Gasteiger partial charge in [0.05, 0.1) is 12.5 Å². The third-order valence-electron chi connectivity index (χ3n) is 5.01. The highest BCUT2D eigenvalue weighted by molar-refractivity contribution is 5.90. The molecule has 0 bridgehead atoms. The van der Waals surface area contributed by atoms with Crippen molar-refractivity contribution in [1.29, 1.82) is 0 Å². The normalized spacial score (nSPS) is 19.3. The molecule has 25 heavy (non-hydrogen) atoms. The summed E-state index contributed by atoms with van der Waals surface area (Å²) in [6, 6.07) is 9.57. The highest BCUT2D eigenvalue weighted by Gasteiger charge is 2.47. The molecule has 2 aromatic rings. The molecule has 6 heteroatoms. The number of halogens is 1. The minimum atomic E-state index is -0.510. The lowest BCUT2D eigenvalue weighted by Gasteiger charge is -2.32. The number of benzene rings is 1. The van der Waals surface area contributed by atoms with E-state index in [1.54, 1.807) is 36.2 Å². The zero-order chi connectivity index (χ0) is 18.2. The van der Waals surface area contributed by atoms with Gasteiger partial charge in [0, 0.05) is 24.6 Å². The van der Waals surface area contributed by atoms with E-state index >= 15 is 0 Å². The lowest BCUT2D eigenvalue weighted by atomic mass is 9.88. The van der Waals surface area contributed by atoms with Crippen LogP contribution in [0.3, 0.4) is 0 Å². The summed E-state index contributed by atoms with van der Waals surface area (Å²) in [5.41, 5.74) is 0.256. The maximum Gasteiger partial charge on any atom is 0.226 e. The summed E-state index contributed by atoms with van der Waals surface area (Å²) in [5.74, 6) is 0.325. The SMILES string of the molecule is CN1C(=O)CC(C(=O)NCc2ccc(-c3ccc(F)cc3)o2)C1(C)C. The first-order valence-electron chi connectivity index (χ1n) is 8.18. The predicted octanol–water partition coefficient (Wildman–Crippen LogP) is 2.96. The molecule has 1 atom stereocenters. The molecule has 0 spiro atoms. The van der Waals surface area contributed by atoms with E-state index < -0.39 is 11.5 Å². The molecule has 2 heterocycles. The van der Waals surface area contributed by atoms with Crippen LogP contribution in [0.1, 0.15) is 26.0 Å². The maximum atomic E-state index is 13.0. The van der Waals surface area contributed by atoms with Crippen molar-refractivity contribution in [2.24, 2.45) is 5.92 Å². The van der Waals surface area contributed by atoms with Crippen molar-refractivity contribution >= 4 is 11.8 Å². The van der Waals surface area contributed by atoms with Crippen LogP contribution in [-0.2, 0) is 16.1 Å². The minimum absolute atomic E-state index is 0.0262. The monoisotopic (exact) mass is 344 g/mol. The van der Waals surface area contributed by atoms with Crippen molar-refractivity contribution in [2.45, 2.75) is 32.4 Å². The molecule has 1 fully saturated rings. The van der Waals surface area contributed by atoms with Gasteiger partial charge in [0.25, 0.3) is 0 Å². The quantitative estimate of drug-likeness (QED) is 0.927.